The largest absolute Gasteiger partial charge is 0.389 e. The molecule has 0 amide bonds. The standard InChI is InChI=1S/C10H20ClNO3S/c1-10(13)5-4-7-12(9-10)16(14,15)8-3-2-6-11/h13H,2-9H2,1H3. The highest BCUT2D eigenvalue weighted by molar-refractivity contribution is 7.89. The quantitative estimate of drug-likeness (QED) is 0.602. The lowest BCUT2D eigenvalue weighted by molar-refractivity contribution is 0.00940. The minimum absolute atomic E-state index is 0.135. The van der Waals surface area contributed by atoms with Crippen molar-refractivity contribution >= 4 is 21.6 Å². The average Bonchev–Trinajstić information content (AvgIpc) is 2.16. The molecule has 0 bridgehead atoms. The number of alkyl halides is 1. The number of halogens is 1. The Morgan fingerprint density at radius 3 is 2.69 bits per heavy atom. The summed E-state index contributed by atoms with van der Waals surface area (Å²) in [6.07, 6.45) is 2.69. The van der Waals surface area contributed by atoms with E-state index in [-0.39, 0.29) is 12.3 Å². The summed E-state index contributed by atoms with van der Waals surface area (Å²) in [6, 6.07) is 0. The number of β-amino-alcohol motifs (C(OH)–C–C–N with tert-alkyl or cyclic N) is 1. The molecular formula is C10H20ClNO3S. The van der Waals surface area contributed by atoms with Crippen molar-refractivity contribution in [3.05, 3.63) is 0 Å². The second-order valence-corrected chi connectivity index (χ2v) is 7.11. The van der Waals surface area contributed by atoms with Gasteiger partial charge in [-0.1, -0.05) is 0 Å². The Hall–Kier alpha value is 0.160. The minimum atomic E-state index is -3.21. The maximum absolute atomic E-state index is 11.9. The van der Waals surface area contributed by atoms with Gasteiger partial charge < -0.3 is 5.11 Å². The highest BCUT2D eigenvalue weighted by Crippen LogP contribution is 2.23. The van der Waals surface area contributed by atoms with Crippen LogP contribution >= 0.6 is 11.6 Å². The molecule has 1 N–H and O–H groups in total. The third kappa shape index (κ3) is 4.20. The smallest absolute Gasteiger partial charge is 0.214 e. The number of hydrogen-bond acceptors (Lipinski definition) is 3. The molecule has 96 valence electrons. The molecule has 0 aromatic rings. The lowest BCUT2D eigenvalue weighted by Gasteiger charge is -2.35. The Labute approximate surface area is 103 Å². The van der Waals surface area contributed by atoms with E-state index in [9.17, 15) is 13.5 Å². The summed E-state index contributed by atoms with van der Waals surface area (Å²) >= 11 is 5.51. The highest BCUT2D eigenvalue weighted by atomic mass is 35.5. The molecule has 0 radical (unpaired) electrons. The van der Waals surface area contributed by atoms with Gasteiger partial charge in [-0.05, 0) is 32.6 Å². The minimum Gasteiger partial charge on any atom is -0.389 e. The molecule has 1 unspecified atom stereocenters. The van der Waals surface area contributed by atoms with Crippen molar-refractivity contribution in [3.63, 3.8) is 0 Å². The summed E-state index contributed by atoms with van der Waals surface area (Å²) < 4.78 is 25.2. The van der Waals surface area contributed by atoms with Crippen LogP contribution in [-0.2, 0) is 10.0 Å². The molecule has 0 aromatic carbocycles. The van der Waals surface area contributed by atoms with Gasteiger partial charge >= 0.3 is 0 Å². The molecule has 0 spiro atoms. The third-order valence-electron chi connectivity index (χ3n) is 2.82. The molecule has 0 saturated carbocycles. The Balaban J connectivity index is 2.54. The Morgan fingerprint density at radius 2 is 2.12 bits per heavy atom. The lowest BCUT2D eigenvalue weighted by Crippen LogP contribution is -2.49. The second kappa shape index (κ2) is 5.67. The maximum Gasteiger partial charge on any atom is 0.214 e. The van der Waals surface area contributed by atoms with Gasteiger partial charge in [0.2, 0.25) is 10.0 Å². The Morgan fingerprint density at radius 1 is 1.44 bits per heavy atom. The van der Waals surface area contributed by atoms with Crippen LogP contribution in [0.5, 0.6) is 0 Å². The summed E-state index contributed by atoms with van der Waals surface area (Å²) in [5.41, 5.74) is -0.877. The van der Waals surface area contributed by atoms with Gasteiger partial charge in [0.25, 0.3) is 0 Å². The van der Waals surface area contributed by atoms with E-state index in [0.29, 0.717) is 31.7 Å². The molecule has 0 aromatic heterocycles. The predicted octanol–water partition coefficient (Wildman–Crippen LogP) is 1.18. The predicted molar refractivity (Wildman–Crippen MR) is 65.2 cm³/mol. The van der Waals surface area contributed by atoms with Gasteiger partial charge in [-0.3, -0.25) is 0 Å². The van der Waals surface area contributed by atoms with E-state index in [0.717, 1.165) is 6.42 Å². The zero-order valence-corrected chi connectivity index (χ0v) is 11.2. The van der Waals surface area contributed by atoms with Gasteiger partial charge in [-0.15, -0.1) is 11.6 Å². The Kier molecular flexibility index (Phi) is 5.04. The van der Waals surface area contributed by atoms with E-state index in [4.69, 9.17) is 11.6 Å². The second-order valence-electron chi connectivity index (χ2n) is 4.65. The van der Waals surface area contributed by atoms with Gasteiger partial charge in [0, 0.05) is 19.0 Å². The lowest BCUT2D eigenvalue weighted by atomic mass is 9.97. The highest BCUT2D eigenvalue weighted by Gasteiger charge is 2.34. The molecule has 16 heavy (non-hydrogen) atoms. The van der Waals surface area contributed by atoms with Crippen LogP contribution < -0.4 is 0 Å². The van der Waals surface area contributed by atoms with Crippen molar-refractivity contribution in [3.8, 4) is 0 Å². The normalized spacial score (nSPS) is 28.2. The van der Waals surface area contributed by atoms with Crippen LogP contribution in [0.25, 0.3) is 0 Å². The fraction of sp³-hybridized carbons (Fsp3) is 1.00. The topological polar surface area (TPSA) is 57.6 Å². The van der Waals surface area contributed by atoms with Crippen LogP contribution in [0.3, 0.4) is 0 Å². The first kappa shape index (κ1) is 14.2. The molecule has 1 heterocycles. The SMILES string of the molecule is CC1(O)CCCN(S(=O)(=O)CCCCCl)C1. The van der Waals surface area contributed by atoms with E-state index in [2.05, 4.69) is 0 Å². The maximum atomic E-state index is 11.9. The molecule has 1 aliphatic heterocycles. The van der Waals surface area contributed by atoms with Crippen molar-refractivity contribution in [1.29, 1.82) is 0 Å². The van der Waals surface area contributed by atoms with Gasteiger partial charge in [0.05, 0.1) is 11.4 Å². The summed E-state index contributed by atoms with van der Waals surface area (Å²) in [4.78, 5) is 0. The molecule has 0 aliphatic carbocycles. The summed E-state index contributed by atoms with van der Waals surface area (Å²) in [7, 11) is -3.21. The van der Waals surface area contributed by atoms with Gasteiger partial charge in [0.15, 0.2) is 0 Å². The fourth-order valence-electron chi connectivity index (χ4n) is 1.92. The number of unbranched alkanes of at least 4 members (excludes halogenated alkanes) is 1. The van der Waals surface area contributed by atoms with E-state index in [1.54, 1.807) is 6.92 Å². The van der Waals surface area contributed by atoms with E-state index < -0.39 is 15.6 Å². The van der Waals surface area contributed by atoms with Crippen molar-refractivity contribution < 1.29 is 13.5 Å². The van der Waals surface area contributed by atoms with E-state index >= 15 is 0 Å². The first-order chi connectivity index (χ1) is 7.37. The van der Waals surface area contributed by atoms with E-state index in [1.807, 2.05) is 0 Å². The van der Waals surface area contributed by atoms with Crippen molar-refractivity contribution in [1.82, 2.24) is 4.31 Å². The van der Waals surface area contributed by atoms with Crippen LogP contribution in [0.15, 0.2) is 0 Å². The molecule has 4 nitrogen and oxygen atoms in total. The number of aliphatic hydroxyl groups is 1. The number of rotatable bonds is 5. The molecule has 6 heteroatoms. The average molecular weight is 270 g/mol. The molecular weight excluding hydrogens is 250 g/mol. The number of hydrogen-bond donors (Lipinski definition) is 1. The first-order valence-electron chi connectivity index (χ1n) is 5.64. The Bertz CT molecular complexity index is 316. The van der Waals surface area contributed by atoms with Gasteiger partial charge in [-0.25, -0.2) is 8.42 Å². The van der Waals surface area contributed by atoms with Crippen LogP contribution in [0.1, 0.15) is 32.6 Å². The molecule has 1 fully saturated rings. The van der Waals surface area contributed by atoms with Gasteiger partial charge in [-0.2, -0.15) is 4.31 Å². The summed E-state index contributed by atoms with van der Waals surface area (Å²) in [5.74, 6) is 0.628. The number of sulfonamides is 1. The van der Waals surface area contributed by atoms with Crippen LogP contribution in [0.4, 0.5) is 0 Å². The number of nitrogens with zero attached hydrogens (tertiary/aromatic N) is 1. The zero-order chi connectivity index (χ0) is 12.2. The monoisotopic (exact) mass is 269 g/mol. The fourth-order valence-corrected chi connectivity index (χ4v) is 3.82. The summed E-state index contributed by atoms with van der Waals surface area (Å²) in [5, 5.41) is 9.85. The van der Waals surface area contributed by atoms with Crippen molar-refractivity contribution in [2.24, 2.45) is 0 Å². The van der Waals surface area contributed by atoms with Gasteiger partial charge in [0.1, 0.15) is 0 Å². The molecule has 1 aliphatic rings. The number of piperidine rings is 1. The van der Waals surface area contributed by atoms with Crippen LogP contribution in [0.2, 0.25) is 0 Å². The summed E-state index contributed by atoms with van der Waals surface area (Å²) in [6.45, 7) is 2.43. The third-order valence-corrected chi connectivity index (χ3v) is 4.99. The molecule has 1 saturated heterocycles. The van der Waals surface area contributed by atoms with Crippen LogP contribution in [0, 0.1) is 0 Å². The van der Waals surface area contributed by atoms with E-state index in [1.165, 1.54) is 4.31 Å². The first-order valence-corrected chi connectivity index (χ1v) is 7.78. The molecule has 1 atom stereocenters. The zero-order valence-electron chi connectivity index (χ0n) is 9.65. The van der Waals surface area contributed by atoms with Crippen LogP contribution in [-0.4, -0.2) is 48.2 Å². The molecule has 1 rings (SSSR count). The van der Waals surface area contributed by atoms with Crippen molar-refractivity contribution in [2.75, 3.05) is 24.7 Å². The van der Waals surface area contributed by atoms with Crippen molar-refractivity contribution in [2.45, 2.75) is 38.2 Å².